The summed E-state index contributed by atoms with van der Waals surface area (Å²) in [5, 5.41) is 6.96. The highest BCUT2D eigenvalue weighted by Crippen LogP contribution is 2.38. The van der Waals surface area contributed by atoms with Crippen molar-refractivity contribution in [2.24, 2.45) is 12.0 Å². The summed E-state index contributed by atoms with van der Waals surface area (Å²) in [5.41, 5.74) is 5.04. The van der Waals surface area contributed by atoms with Crippen molar-refractivity contribution in [1.82, 2.24) is 9.47 Å². The largest absolute Gasteiger partial charge is 0.493 e. The number of amides is 3. The number of aryl methyl sites for hydroxylation is 2. The van der Waals surface area contributed by atoms with Gasteiger partial charge in [0.25, 0.3) is 11.8 Å². The van der Waals surface area contributed by atoms with Gasteiger partial charge in [-0.05, 0) is 72.2 Å². The summed E-state index contributed by atoms with van der Waals surface area (Å²) in [4.78, 5) is 47.3. The lowest BCUT2D eigenvalue weighted by atomic mass is 9.94. The van der Waals surface area contributed by atoms with E-state index in [4.69, 9.17) is 9.47 Å². The van der Waals surface area contributed by atoms with Gasteiger partial charge in [0.15, 0.2) is 11.5 Å². The number of nitrogens with one attached hydrogen (secondary N) is 2. The average molecular weight is 676 g/mol. The van der Waals surface area contributed by atoms with Crippen LogP contribution in [0.2, 0.25) is 0 Å². The van der Waals surface area contributed by atoms with Crippen LogP contribution in [0.4, 0.5) is 17.1 Å². The first kappa shape index (κ1) is 32.1. The number of thiophene rings is 1. The van der Waals surface area contributed by atoms with Crippen LogP contribution in [0, 0.1) is 0 Å². The molecule has 7 rings (SSSR count). The van der Waals surface area contributed by atoms with E-state index < -0.39 is 0 Å². The van der Waals surface area contributed by atoms with Crippen LogP contribution in [0.25, 0.3) is 10.1 Å². The molecule has 250 valence electrons. The molecule has 4 heterocycles. The van der Waals surface area contributed by atoms with Gasteiger partial charge in [0.1, 0.15) is 5.69 Å². The lowest BCUT2D eigenvalue weighted by molar-refractivity contribution is -0.116. The molecular weight excluding hydrogens is 639 g/mol. The van der Waals surface area contributed by atoms with Crippen molar-refractivity contribution >= 4 is 62.4 Å². The number of carbonyl (C=O) groups is 3. The third-order valence-corrected chi connectivity index (χ3v) is 10.2. The minimum atomic E-state index is -0.261. The molecule has 0 spiro atoms. The Morgan fingerprint density at radius 3 is 2.65 bits per heavy atom. The second kappa shape index (κ2) is 13.6. The Bertz CT molecular complexity index is 2110. The molecule has 5 aromatic rings. The van der Waals surface area contributed by atoms with E-state index in [1.807, 2.05) is 41.4 Å². The third-order valence-electron chi connectivity index (χ3n) is 8.95. The summed E-state index contributed by atoms with van der Waals surface area (Å²) >= 11 is 1.76. The minimum absolute atomic E-state index is 0.0968. The smallest absolute Gasteiger partial charge is 0.272 e. The van der Waals surface area contributed by atoms with Crippen LogP contribution < -0.4 is 20.1 Å². The second-order valence-corrected chi connectivity index (χ2v) is 13.4. The SMILES string of the molecule is CCc1cc2cc(NC(=O)c3cc(NC(=O)CCCOc4cc5c(cc4OC)C(=O)N4Cc6ccccc6C[C@H]4C=N5)cn3C)ccc2s1. The van der Waals surface area contributed by atoms with Crippen molar-refractivity contribution in [2.45, 2.75) is 45.2 Å². The molecule has 2 aliphatic rings. The highest BCUT2D eigenvalue weighted by atomic mass is 32.1. The monoisotopic (exact) mass is 675 g/mol. The van der Waals surface area contributed by atoms with Crippen molar-refractivity contribution in [1.29, 1.82) is 0 Å². The fraction of sp³-hybridized carbons (Fsp3) is 0.263. The number of carbonyl (C=O) groups excluding carboxylic acids is 3. The van der Waals surface area contributed by atoms with Gasteiger partial charge in [-0.15, -0.1) is 11.3 Å². The Morgan fingerprint density at radius 2 is 1.84 bits per heavy atom. The summed E-state index contributed by atoms with van der Waals surface area (Å²) < 4.78 is 14.5. The summed E-state index contributed by atoms with van der Waals surface area (Å²) in [6, 6.07) is 21.2. The van der Waals surface area contributed by atoms with E-state index >= 15 is 0 Å². The number of anilines is 2. The standard InChI is InChI=1S/C38H37N5O5S/c1-4-29-16-25-14-26(11-12-35(25)49-29)41-37(45)32-17-27(22-42(32)2)40-36(44)10-7-13-48-34-19-31-30(18-33(34)47-3)38(46)43-21-24-9-6-5-8-23(24)15-28(43)20-39-31/h5-6,8-9,11-12,14,16-20,22,28H,4,7,10,13,15,21H2,1-3H3,(H,40,44)(H,41,45)/t28-/m0/s1. The summed E-state index contributed by atoms with van der Waals surface area (Å²) in [6.07, 6.45) is 5.89. The molecule has 0 fully saturated rings. The van der Waals surface area contributed by atoms with E-state index in [2.05, 4.69) is 40.7 Å². The van der Waals surface area contributed by atoms with Crippen LogP contribution in [-0.2, 0) is 31.2 Å². The van der Waals surface area contributed by atoms with Crippen LogP contribution in [-0.4, -0.2) is 53.2 Å². The second-order valence-electron chi connectivity index (χ2n) is 12.3. The maximum Gasteiger partial charge on any atom is 0.272 e. The highest BCUT2D eigenvalue weighted by molar-refractivity contribution is 7.19. The number of benzene rings is 3. The fourth-order valence-corrected chi connectivity index (χ4v) is 7.35. The molecule has 11 heteroatoms. The molecule has 3 aromatic carbocycles. The predicted molar refractivity (Wildman–Crippen MR) is 193 cm³/mol. The lowest BCUT2D eigenvalue weighted by Gasteiger charge is -2.34. The van der Waals surface area contributed by atoms with Crippen molar-refractivity contribution in [2.75, 3.05) is 24.4 Å². The van der Waals surface area contributed by atoms with E-state index in [-0.39, 0.29) is 36.8 Å². The van der Waals surface area contributed by atoms with Gasteiger partial charge in [-0.1, -0.05) is 31.2 Å². The van der Waals surface area contributed by atoms with Crippen molar-refractivity contribution in [3.63, 3.8) is 0 Å². The molecule has 1 atom stereocenters. The molecule has 2 N–H and O–H groups in total. The molecule has 0 saturated carbocycles. The molecule has 10 nitrogen and oxygen atoms in total. The number of fused-ring (bicyclic) bond motifs is 4. The van der Waals surface area contributed by atoms with Crippen LogP contribution in [0.15, 0.2) is 77.9 Å². The zero-order valence-electron chi connectivity index (χ0n) is 27.6. The van der Waals surface area contributed by atoms with Gasteiger partial charge in [-0.2, -0.15) is 0 Å². The number of methoxy groups -OCH3 is 1. The lowest BCUT2D eigenvalue weighted by Crippen LogP contribution is -2.44. The first-order valence-corrected chi connectivity index (χ1v) is 17.2. The van der Waals surface area contributed by atoms with Gasteiger partial charge in [-0.3, -0.25) is 19.4 Å². The van der Waals surface area contributed by atoms with Gasteiger partial charge >= 0.3 is 0 Å². The van der Waals surface area contributed by atoms with Gasteiger partial charge in [0.2, 0.25) is 5.91 Å². The number of nitrogens with zero attached hydrogens (tertiary/aromatic N) is 3. The molecule has 2 aliphatic heterocycles. The zero-order chi connectivity index (χ0) is 34.1. The zero-order valence-corrected chi connectivity index (χ0v) is 28.4. The summed E-state index contributed by atoms with van der Waals surface area (Å²) in [6.45, 7) is 2.91. The van der Waals surface area contributed by atoms with E-state index in [0.29, 0.717) is 53.5 Å². The number of rotatable bonds is 10. The fourth-order valence-electron chi connectivity index (χ4n) is 6.37. The predicted octanol–water partition coefficient (Wildman–Crippen LogP) is 7.14. The normalized spacial score (nSPS) is 14.9. The maximum atomic E-state index is 13.6. The van der Waals surface area contributed by atoms with Gasteiger partial charge < -0.3 is 29.6 Å². The number of aliphatic imine (C=N–C) groups is 1. The average Bonchev–Trinajstić information content (AvgIpc) is 3.66. The Kier molecular flexibility index (Phi) is 8.92. The molecule has 0 saturated heterocycles. The third kappa shape index (κ3) is 6.66. The van der Waals surface area contributed by atoms with E-state index in [1.165, 1.54) is 22.3 Å². The quantitative estimate of drug-likeness (QED) is 0.153. The Balaban J connectivity index is 0.937. The molecule has 49 heavy (non-hydrogen) atoms. The summed E-state index contributed by atoms with van der Waals surface area (Å²) in [7, 11) is 3.30. The van der Waals surface area contributed by atoms with E-state index in [9.17, 15) is 14.4 Å². The first-order chi connectivity index (χ1) is 23.8. The maximum absolute atomic E-state index is 13.6. The molecule has 2 aromatic heterocycles. The van der Waals surface area contributed by atoms with Crippen molar-refractivity contribution < 1.29 is 23.9 Å². The molecular formula is C38H37N5O5S. The van der Waals surface area contributed by atoms with Crippen LogP contribution in [0.1, 0.15) is 56.6 Å². The van der Waals surface area contributed by atoms with Crippen LogP contribution in [0.3, 0.4) is 0 Å². The van der Waals surface area contributed by atoms with Crippen molar-refractivity contribution in [3.05, 3.63) is 100 Å². The Labute approximate surface area is 288 Å². The highest BCUT2D eigenvalue weighted by Gasteiger charge is 2.33. The Morgan fingerprint density at radius 1 is 1.00 bits per heavy atom. The molecule has 0 radical (unpaired) electrons. The molecule has 3 amide bonds. The summed E-state index contributed by atoms with van der Waals surface area (Å²) in [5.74, 6) is 0.331. The topological polar surface area (TPSA) is 114 Å². The van der Waals surface area contributed by atoms with Crippen LogP contribution >= 0.6 is 11.3 Å². The van der Waals surface area contributed by atoms with E-state index in [0.717, 1.165) is 23.1 Å². The molecule has 0 aliphatic carbocycles. The number of ether oxygens (including phenoxy) is 2. The first-order valence-electron chi connectivity index (χ1n) is 16.4. The number of aromatic nitrogens is 1. The van der Waals surface area contributed by atoms with Crippen LogP contribution in [0.5, 0.6) is 11.5 Å². The molecule has 0 bridgehead atoms. The number of hydrogen-bond donors (Lipinski definition) is 2. The Hall–Kier alpha value is -5.42. The van der Waals surface area contributed by atoms with E-state index in [1.54, 1.807) is 47.3 Å². The minimum Gasteiger partial charge on any atom is -0.493 e. The molecule has 0 unspecified atom stereocenters. The van der Waals surface area contributed by atoms with Gasteiger partial charge in [0.05, 0.1) is 36.7 Å². The van der Waals surface area contributed by atoms with Crippen molar-refractivity contribution in [3.8, 4) is 11.5 Å². The van der Waals surface area contributed by atoms with Gasteiger partial charge in [-0.25, -0.2) is 0 Å². The van der Waals surface area contributed by atoms with Gasteiger partial charge in [0, 0.05) is 53.8 Å². The number of hydrogen-bond acceptors (Lipinski definition) is 7.